The van der Waals surface area contributed by atoms with Crippen molar-refractivity contribution in [3.05, 3.63) is 44.2 Å². The lowest BCUT2D eigenvalue weighted by molar-refractivity contribution is 0.521. The molecule has 0 spiro atoms. The molecule has 0 radical (unpaired) electrons. The summed E-state index contributed by atoms with van der Waals surface area (Å²) in [6.45, 7) is 4.30. The van der Waals surface area contributed by atoms with Gasteiger partial charge in [-0.3, -0.25) is 0 Å². The first kappa shape index (κ1) is 14.3. The van der Waals surface area contributed by atoms with E-state index < -0.39 is 0 Å². The Bertz CT molecular complexity index is 548. The zero-order valence-corrected chi connectivity index (χ0v) is 14.3. The minimum atomic E-state index is 0.123. The maximum Gasteiger partial charge on any atom is 0.0413 e. The van der Waals surface area contributed by atoms with Gasteiger partial charge in [-0.15, -0.1) is 11.3 Å². The Morgan fingerprint density at radius 1 is 1.11 bits per heavy atom. The largest absolute Gasteiger partial charge is 0.323 e. The van der Waals surface area contributed by atoms with Crippen molar-refractivity contribution in [1.29, 1.82) is 0 Å². The zero-order chi connectivity index (χ0) is 13.3. The molecule has 18 heavy (non-hydrogen) atoms. The standard InChI is InChI=1S/C14H15Br2NS/c1-8(2)14(17)13-6-5-12(18-13)10-4-3-9(15)7-11(10)16/h3-8,14H,17H2,1-2H3. The van der Waals surface area contributed by atoms with E-state index in [4.69, 9.17) is 5.73 Å². The monoisotopic (exact) mass is 387 g/mol. The first-order valence-electron chi connectivity index (χ1n) is 5.79. The molecular weight excluding hydrogens is 374 g/mol. The van der Waals surface area contributed by atoms with Crippen LogP contribution in [0.2, 0.25) is 0 Å². The van der Waals surface area contributed by atoms with E-state index in [2.05, 4.69) is 76.0 Å². The van der Waals surface area contributed by atoms with Crippen molar-refractivity contribution in [1.82, 2.24) is 0 Å². The van der Waals surface area contributed by atoms with Crippen LogP contribution < -0.4 is 5.73 Å². The van der Waals surface area contributed by atoms with Crippen LogP contribution in [-0.4, -0.2) is 0 Å². The molecule has 0 aliphatic heterocycles. The Balaban J connectivity index is 2.35. The Morgan fingerprint density at radius 2 is 1.83 bits per heavy atom. The Hall–Kier alpha value is -0.160. The second-order valence-corrected chi connectivity index (χ2v) is 7.48. The molecule has 2 N–H and O–H groups in total. The summed E-state index contributed by atoms with van der Waals surface area (Å²) in [5, 5.41) is 0. The van der Waals surface area contributed by atoms with Crippen LogP contribution in [-0.2, 0) is 0 Å². The molecular formula is C14H15Br2NS. The molecule has 0 aliphatic carbocycles. The molecule has 0 saturated carbocycles. The van der Waals surface area contributed by atoms with E-state index >= 15 is 0 Å². The predicted octanol–water partition coefficient (Wildman–Crippen LogP) is 5.60. The summed E-state index contributed by atoms with van der Waals surface area (Å²) in [5.41, 5.74) is 7.40. The summed E-state index contributed by atoms with van der Waals surface area (Å²) in [6, 6.07) is 10.6. The maximum absolute atomic E-state index is 6.18. The normalized spacial score (nSPS) is 13.0. The van der Waals surface area contributed by atoms with Gasteiger partial charge in [-0.05, 0) is 30.2 Å². The van der Waals surface area contributed by atoms with Crippen molar-refractivity contribution in [2.45, 2.75) is 19.9 Å². The lowest BCUT2D eigenvalue weighted by Crippen LogP contribution is -2.14. The van der Waals surface area contributed by atoms with Crippen molar-refractivity contribution >= 4 is 43.2 Å². The average Bonchev–Trinajstić information content (AvgIpc) is 2.77. The molecule has 1 heterocycles. The van der Waals surface area contributed by atoms with E-state index in [1.807, 2.05) is 0 Å². The van der Waals surface area contributed by atoms with Gasteiger partial charge >= 0.3 is 0 Å². The molecule has 1 atom stereocenters. The van der Waals surface area contributed by atoms with Gasteiger partial charge in [0.1, 0.15) is 0 Å². The summed E-state index contributed by atoms with van der Waals surface area (Å²) in [6.07, 6.45) is 0. The van der Waals surface area contributed by atoms with E-state index in [1.54, 1.807) is 11.3 Å². The number of halogens is 2. The first-order chi connectivity index (χ1) is 8.49. The van der Waals surface area contributed by atoms with E-state index in [0.717, 1.165) is 8.95 Å². The molecule has 0 aliphatic rings. The van der Waals surface area contributed by atoms with Gasteiger partial charge in [-0.1, -0.05) is 51.8 Å². The second kappa shape index (κ2) is 5.87. The molecule has 0 saturated heterocycles. The lowest BCUT2D eigenvalue weighted by atomic mass is 10.0. The molecule has 1 aromatic heterocycles. The molecule has 2 rings (SSSR count). The summed E-state index contributed by atoms with van der Waals surface area (Å²) in [7, 11) is 0. The Morgan fingerprint density at radius 3 is 2.44 bits per heavy atom. The van der Waals surface area contributed by atoms with Crippen molar-refractivity contribution in [2.75, 3.05) is 0 Å². The fraction of sp³-hybridized carbons (Fsp3) is 0.286. The molecule has 0 amide bonds. The van der Waals surface area contributed by atoms with Crippen LogP contribution in [0.1, 0.15) is 24.8 Å². The van der Waals surface area contributed by atoms with Gasteiger partial charge in [0.15, 0.2) is 0 Å². The number of benzene rings is 1. The zero-order valence-electron chi connectivity index (χ0n) is 10.3. The summed E-state index contributed by atoms with van der Waals surface area (Å²) in [5.74, 6) is 0.463. The molecule has 2 aromatic rings. The van der Waals surface area contributed by atoms with Gasteiger partial charge in [0, 0.05) is 30.3 Å². The van der Waals surface area contributed by atoms with Crippen molar-refractivity contribution in [3.8, 4) is 10.4 Å². The van der Waals surface area contributed by atoms with E-state index in [0.29, 0.717) is 5.92 Å². The SMILES string of the molecule is CC(C)C(N)c1ccc(-c2ccc(Br)cc2Br)s1. The van der Waals surface area contributed by atoms with Crippen LogP contribution in [0.15, 0.2) is 39.3 Å². The second-order valence-electron chi connectivity index (χ2n) is 4.60. The third-order valence-electron chi connectivity index (χ3n) is 2.87. The van der Waals surface area contributed by atoms with Crippen LogP contribution in [0.25, 0.3) is 10.4 Å². The maximum atomic E-state index is 6.18. The number of thiophene rings is 1. The molecule has 1 nitrogen and oxygen atoms in total. The molecule has 1 aromatic carbocycles. The van der Waals surface area contributed by atoms with Gasteiger partial charge in [-0.2, -0.15) is 0 Å². The highest BCUT2D eigenvalue weighted by atomic mass is 79.9. The Labute approximate surface area is 129 Å². The summed E-state index contributed by atoms with van der Waals surface area (Å²) in [4.78, 5) is 2.50. The molecule has 0 fully saturated rings. The van der Waals surface area contributed by atoms with Gasteiger partial charge in [0.25, 0.3) is 0 Å². The first-order valence-corrected chi connectivity index (χ1v) is 8.20. The minimum absolute atomic E-state index is 0.123. The van der Waals surface area contributed by atoms with Gasteiger partial charge < -0.3 is 5.73 Å². The molecule has 96 valence electrons. The summed E-state index contributed by atoms with van der Waals surface area (Å²) >= 11 is 8.85. The third kappa shape index (κ3) is 3.05. The number of rotatable bonds is 3. The van der Waals surface area contributed by atoms with Crippen LogP contribution in [0.4, 0.5) is 0 Å². The molecule has 4 heteroatoms. The fourth-order valence-electron chi connectivity index (χ4n) is 1.69. The van der Waals surface area contributed by atoms with Crippen molar-refractivity contribution in [2.24, 2.45) is 11.7 Å². The smallest absolute Gasteiger partial charge is 0.0413 e. The number of hydrogen-bond donors (Lipinski definition) is 1. The highest BCUT2D eigenvalue weighted by Crippen LogP contribution is 2.37. The van der Waals surface area contributed by atoms with Crippen LogP contribution >= 0.6 is 43.2 Å². The van der Waals surface area contributed by atoms with E-state index in [1.165, 1.54) is 15.3 Å². The highest BCUT2D eigenvalue weighted by Gasteiger charge is 2.14. The fourth-order valence-corrected chi connectivity index (χ4v) is 4.31. The van der Waals surface area contributed by atoms with Gasteiger partial charge in [-0.25, -0.2) is 0 Å². The van der Waals surface area contributed by atoms with E-state index in [-0.39, 0.29) is 6.04 Å². The van der Waals surface area contributed by atoms with E-state index in [9.17, 15) is 0 Å². The number of hydrogen-bond acceptors (Lipinski definition) is 2. The van der Waals surface area contributed by atoms with Crippen molar-refractivity contribution < 1.29 is 0 Å². The average molecular weight is 389 g/mol. The molecule has 0 bridgehead atoms. The topological polar surface area (TPSA) is 26.0 Å². The van der Waals surface area contributed by atoms with Crippen molar-refractivity contribution in [3.63, 3.8) is 0 Å². The summed E-state index contributed by atoms with van der Waals surface area (Å²) < 4.78 is 2.18. The van der Waals surface area contributed by atoms with Crippen LogP contribution in [0, 0.1) is 5.92 Å². The minimum Gasteiger partial charge on any atom is -0.323 e. The predicted molar refractivity (Wildman–Crippen MR) is 86.9 cm³/mol. The Kier molecular flexibility index (Phi) is 4.64. The molecule has 1 unspecified atom stereocenters. The number of nitrogens with two attached hydrogens (primary N) is 1. The van der Waals surface area contributed by atoms with Gasteiger partial charge in [0.2, 0.25) is 0 Å². The third-order valence-corrected chi connectivity index (χ3v) is 5.24. The van der Waals surface area contributed by atoms with Gasteiger partial charge in [0.05, 0.1) is 0 Å². The highest BCUT2D eigenvalue weighted by molar-refractivity contribution is 9.11. The quantitative estimate of drug-likeness (QED) is 0.727. The lowest BCUT2D eigenvalue weighted by Gasteiger charge is -2.13. The van der Waals surface area contributed by atoms with Crippen LogP contribution in [0.3, 0.4) is 0 Å². The van der Waals surface area contributed by atoms with Crippen LogP contribution in [0.5, 0.6) is 0 Å².